The standard InChI is InChI=1S/C24H29F3N2O3/c1-23(2,17-31-16-19-8-4-3-5-9-19)22(30)29-14-12-28(13-15-29)20-10-6-7-11-21(20)32-18-24(25,26)27/h3-11H,12-18H2,1-2H3. The fourth-order valence-corrected chi connectivity index (χ4v) is 3.64. The van der Waals surface area contributed by atoms with Crippen LogP contribution in [0.25, 0.3) is 0 Å². The van der Waals surface area contributed by atoms with Gasteiger partial charge in [0.1, 0.15) is 5.75 Å². The smallest absolute Gasteiger partial charge is 0.422 e. The average Bonchev–Trinajstić information content (AvgIpc) is 2.77. The maximum Gasteiger partial charge on any atom is 0.422 e. The van der Waals surface area contributed by atoms with Gasteiger partial charge in [0.25, 0.3) is 0 Å². The van der Waals surface area contributed by atoms with Crippen LogP contribution in [0.1, 0.15) is 19.4 Å². The number of carbonyl (C=O) groups excluding carboxylic acids is 1. The van der Waals surface area contributed by atoms with Crippen molar-refractivity contribution in [3.63, 3.8) is 0 Å². The Bertz CT molecular complexity index is 880. The van der Waals surface area contributed by atoms with Crippen molar-refractivity contribution in [2.45, 2.75) is 26.6 Å². The van der Waals surface area contributed by atoms with Crippen LogP contribution in [0.4, 0.5) is 18.9 Å². The highest BCUT2D eigenvalue weighted by atomic mass is 19.4. The van der Waals surface area contributed by atoms with Crippen molar-refractivity contribution in [2.75, 3.05) is 44.3 Å². The Labute approximate surface area is 186 Å². The minimum Gasteiger partial charge on any atom is -0.482 e. The number of rotatable bonds is 8. The molecule has 8 heteroatoms. The molecular weight excluding hydrogens is 421 g/mol. The zero-order valence-electron chi connectivity index (χ0n) is 18.4. The van der Waals surface area contributed by atoms with Gasteiger partial charge in [0.05, 0.1) is 24.3 Å². The van der Waals surface area contributed by atoms with Gasteiger partial charge in [-0.25, -0.2) is 0 Å². The Morgan fingerprint density at radius 3 is 2.19 bits per heavy atom. The van der Waals surface area contributed by atoms with E-state index in [9.17, 15) is 18.0 Å². The SMILES string of the molecule is CC(C)(COCc1ccccc1)C(=O)N1CCN(c2ccccc2OCC(F)(F)F)CC1. The maximum atomic E-state index is 13.1. The molecule has 0 unspecified atom stereocenters. The van der Waals surface area contributed by atoms with Gasteiger partial charge in [-0.3, -0.25) is 4.79 Å². The number of alkyl halides is 3. The lowest BCUT2D eigenvalue weighted by Gasteiger charge is -2.39. The molecule has 0 saturated carbocycles. The molecule has 2 aromatic carbocycles. The third-order valence-corrected chi connectivity index (χ3v) is 5.32. The normalized spacial score (nSPS) is 15.0. The quantitative estimate of drug-likeness (QED) is 0.593. The summed E-state index contributed by atoms with van der Waals surface area (Å²) >= 11 is 0. The van der Waals surface area contributed by atoms with E-state index in [1.54, 1.807) is 23.1 Å². The van der Waals surface area contributed by atoms with Crippen LogP contribution in [0, 0.1) is 5.41 Å². The minimum absolute atomic E-state index is 0.00631. The van der Waals surface area contributed by atoms with Gasteiger partial charge in [0, 0.05) is 26.2 Å². The van der Waals surface area contributed by atoms with Crippen LogP contribution in [0.15, 0.2) is 54.6 Å². The van der Waals surface area contributed by atoms with Crippen molar-refractivity contribution < 1.29 is 27.4 Å². The first-order chi connectivity index (χ1) is 15.2. The first kappa shape index (κ1) is 23.9. The Hall–Kier alpha value is -2.74. The molecule has 0 aromatic heterocycles. The van der Waals surface area contributed by atoms with Gasteiger partial charge in [-0.1, -0.05) is 42.5 Å². The summed E-state index contributed by atoms with van der Waals surface area (Å²) in [6.45, 7) is 5.13. The monoisotopic (exact) mass is 450 g/mol. The lowest BCUT2D eigenvalue weighted by atomic mass is 9.92. The molecule has 5 nitrogen and oxygen atoms in total. The van der Waals surface area contributed by atoms with E-state index >= 15 is 0 Å². The van der Waals surface area contributed by atoms with Crippen molar-refractivity contribution in [3.8, 4) is 5.75 Å². The largest absolute Gasteiger partial charge is 0.482 e. The molecule has 1 aliphatic rings. The van der Waals surface area contributed by atoms with E-state index in [1.165, 1.54) is 6.07 Å². The fourth-order valence-electron chi connectivity index (χ4n) is 3.64. The maximum absolute atomic E-state index is 13.1. The Morgan fingerprint density at radius 2 is 1.53 bits per heavy atom. The van der Waals surface area contributed by atoms with E-state index in [0.717, 1.165) is 5.56 Å². The minimum atomic E-state index is -4.40. The number of ether oxygens (including phenoxy) is 2. The van der Waals surface area contributed by atoms with Crippen LogP contribution in [-0.4, -0.2) is 56.4 Å². The lowest BCUT2D eigenvalue weighted by molar-refractivity contribution is -0.153. The molecule has 1 heterocycles. The van der Waals surface area contributed by atoms with E-state index in [4.69, 9.17) is 9.47 Å². The molecule has 0 atom stereocenters. The van der Waals surface area contributed by atoms with Crippen LogP contribution in [0.5, 0.6) is 5.75 Å². The zero-order valence-corrected chi connectivity index (χ0v) is 18.4. The fraction of sp³-hybridized carbons (Fsp3) is 0.458. The van der Waals surface area contributed by atoms with E-state index in [0.29, 0.717) is 45.1 Å². The molecule has 1 fully saturated rings. The summed E-state index contributed by atoms with van der Waals surface area (Å²) in [5.41, 5.74) is 0.982. The summed E-state index contributed by atoms with van der Waals surface area (Å²) in [6.07, 6.45) is -4.40. The molecule has 0 N–H and O–H groups in total. The molecular formula is C24H29F3N2O3. The van der Waals surface area contributed by atoms with Gasteiger partial charge >= 0.3 is 6.18 Å². The molecule has 3 rings (SSSR count). The molecule has 0 bridgehead atoms. The van der Waals surface area contributed by atoms with E-state index in [2.05, 4.69) is 0 Å². The second-order valence-corrected chi connectivity index (χ2v) is 8.51. The third-order valence-electron chi connectivity index (χ3n) is 5.32. The average molecular weight is 451 g/mol. The number of benzene rings is 2. The first-order valence-electron chi connectivity index (χ1n) is 10.6. The highest BCUT2D eigenvalue weighted by Gasteiger charge is 2.34. The highest BCUT2D eigenvalue weighted by Crippen LogP contribution is 2.31. The topological polar surface area (TPSA) is 42.0 Å². The molecule has 0 radical (unpaired) electrons. The van der Waals surface area contributed by atoms with E-state index in [1.807, 2.05) is 49.1 Å². The number of halogens is 3. The highest BCUT2D eigenvalue weighted by molar-refractivity contribution is 5.82. The zero-order chi connectivity index (χ0) is 23.2. The summed E-state index contributed by atoms with van der Waals surface area (Å²) in [5, 5.41) is 0. The van der Waals surface area contributed by atoms with Crippen LogP contribution in [0.2, 0.25) is 0 Å². The molecule has 0 aliphatic carbocycles. The van der Waals surface area contributed by atoms with Crippen LogP contribution < -0.4 is 9.64 Å². The van der Waals surface area contributed by atoms with Crippen LogP contribution in [-0.2, 0) is 16.1 Å². The van der Waals surface area contributed by atoms with Crippen molar-refractivity contribution in [1.82, 2.24) is 4.90 Å². The van der Waals surface area contributed by atoms with Gasteiger partial charge in [-0.15, -0.1) is 0 Å². The van der Waals surface area contributed by atoms with Crippen molar-refractivity contribution in [2.24, 2.45) is 5.41 Å². The van der Waals surface area contributed by atoms with Crippen molar-refractivity contribution >= 4 is 11.6 Å². The summed E-state index contributed by atoms with van der Waals surface area (Å²) in [4.78, 5) is 16.8. The Morgan fingerprint density at radius 1 is 0.906 bits per heavy atom. The summed E-state index contributed by atoms with van der Waals surface area (Å²) in [5.74, 6) is 0.200. The number of hydrogen-bond donors (Lipinski definition) is 0. The van der Waals surface area contributed by atoms with Crippen molar-refractivity contribution in [3.05, 3.63) is 60.2 Å². The van der Waals surface area contributed by atoms with E-state index in [-0.39, 0.29) is 11.7 Å². The predicted octanol–water partition coefficient (Wildman–Crippen LogP) is 4.52. The van der Waals surface area contributed by atoms with Crippen LogP contribution >= 0.6 is 0 Å². The van der Waals surface area contributed by atoms with Gasteiger partial charge in [-0.05, 0) is 31.5 Å². The predicted molar refractivity (Wildman–Crippen MR) is 117 cm³/mol. The molecule has 174 valence electrons. The lowest BCUT2D eigenvalue weighted by Crippen LogP contribution is -2.53. The van der Waals surface area contributed by atoms with Crippen molar-refractivity contribution in [1.29, 1.82) is 0 Å². The molecule has 32 heavy (non-hydrogen) atoms. The van der Waals surface area contributed by atoms with Gasteiger partial charge in [-0.2, -0.15) is 13.2 Å². The second-order valence-electron chi connectivity index (χ2n) is 8.51. The number of nitrogens with zero attached hydrogens (tertiary/aromatic N) is 2. The summed E-state index contributed by atoms with van der Waals surface area (Å²) in [6, 6.07) is 16.5. The number of piperazine rings is 1. The summed E-state index contributed by atoms with van der Waals surface area (Å²) in [7, 11) is 0. The van der Waals surface area contributed by atoms with Gasteiger partial charge in [0.15, 0.2) is 6.61 Å². The number of anilines is 1. The first-order valence-corrected chi connectivity index (χ1v) is 10.6. The molecule has 1 amide bonds. The Kier molecular flexibility index (Phi) is 7.66. The number of amides is 1. The second kappa shape index (κ2) is 10.3. The molecule has 1 saturated heterocycles. The summed E-state index contributed by atoms with van der Waals surface area (Å²) < 4.78 is 48.5. The third kappa shape index (κ3) is 6.63. The molecule has 1 aliphatic heterocycles. The van der Waals surface area contributed by atoms with E-state index < -0.39 is 18.2 Å². The molecule has 0 spiro atoms. The number of hydrogen-bond acceptors (Lipinski definition) is 4. The van der Waals surface area contributed by atoms with Gasteiger partial charge in [0.2, 0.25) is 5.91 Å². The number of para-hydroxylation sites is 2. The Balaban J connectivity index is 1.53. The molecule has 2 aromatic rings. The number of carbonyl (C=O) groups is 1. The van der Waals surface area contributed by atoms with Gasteiger partial charge < -0.3 is 19.3 Å². The van der Waals surface area contributed by atoms with Crippen LogP contribution in [0.3, 0.4) is 0 Å².